The number of rotatable bonds is 6. The first-order chi connectivity index (χ1) is 12.9. The number of hydrogen-bond acceptors (Lipinski definition) is 2. The second kappa shape index (κ2) is 7.95. The van der Waals surface area contributed by atoms with Crippen molar-refractivity contribution in [2.45, 2.75) is 54.0 Å². The number of nitrogens with zero attached hydrogens (tertiary/aromatic N) is 2. The molecular formula is C23H29N3O. The third kappa shape index (κ3) is 3.90. The van der Waals surface area contributed by atoms with E-state index in [-0.39, 0.29) is 5.91 Å². The molecule has 0 unspecified atom stereocenters. The molecule has 0 saturated carbocycles. The van der Waals surface area contributed by atoms with Gasteiger partial charge in [0.25, 0.3) is 0 Å². The molecular weight excluding hydrogens is 334 g/mol. The first-order valence-corrected chi connectivity index (χ1v) is 9.69. The van der Waals surface area contributed by atoms with Crippen molar-refractivity contribution < 1.29 is 4.79 Å². The summed E-state index contributed by atoms with van der Waals surface area (Å²) in [6.45, 7) is 12.1. The van der Waals surface area contributed by atoms with Gasteiger partial charge < -0.3 is 9.88 Å². The smallest absolute Gasteiger partial charge is 0.219 e. The van der Waals surface area contributed by atoms with Crippen molar-refractivity contribution in [3.63, 3.8) is 0 Å². The third-order valence-electron chi connectivity index (χ3n) is 5.56. The molecule has 1 aromatic heterocycles. The monoisotopic (exact) mass is 363 g/mol. The molecule has 1 N–H and O–H groups in total. The highest BCUT2D eigenvalue weighted by Crippen LogP contribution is 2.25. The van der Waals surface area contributed by atoms with Crippen molar-refractivity contribution in [2.24, 2.45) is 0 Å². The molecule has 0 bridgehead atoms. The van der Waals surface area contributed by atoms with E-state index < -0.39 is 0 Å². The predicted molar refractivity (Wildman–Crippen MR) is 111 cm³/mol. The fourth-order valence-corrected chi connectivity index (χ4v) is 3.63. The zero-order chi connectivity index (χ0) is 19.6. The third-order valence-corrected chi connectivity index (χ3v) is 5.56. The van der Waals surface area contributed by atoms with Crippen LogP contribution >= 0.6 is 0 Å². The van der Waals surface area contributed by atoms with Gasteiger partial charge in [-0.05, 0) is 67.6 Å². The predicted octanol–water partition coefficient (Wildman–Crippen LogP) is 4.39. The van der Waals surface area contributed by atoms with Crippen molar-refractivity contribution in [3.8, 4) is 0 Å². The van der Waals surface area contributed by atoms with Crippen molar-refractivity contribution in [1.29, 1.82) is 0 Å². The van der Waals surface area contributed by atoms with Crippen LogP contribution in [-0.4, -0.2) is 22.0 Å². The molecule has 2 aromatic carbocycles. The van der Waals surface area contributed by atoms with E-state index in [1.807, 2.05) is 13.0 Å². The van der Waals surface area contributed by atoms with Crippen LogP contribution in [0.5, 0.6) is 0 Å². The molecule has 1 heterocycles. The maximum Gasteiger partial charge on any atom is 0.219 e. The number of para-hydroxylation sites is 2. The number of carbonyl (C=O) groups excluding carboxylic acids is 1. The Hall–Kier alpha value is -2.62. The minimum absolute atomic E-state index is 0.0821. The van der Waals surface area contributed by atoms with Crippen molar-refractivity contribution in [1.82, 2.24) is 14.9 Å². The Labute approximate surface area is 161 Å². The van der Waals surface area contributed by atoms with Gasteiger partial charge >= 0.3 is 0 Å². The quantitative estimate of drug-likeness (QED) is 0.706. The van der Waals surface area contributed by atoms with Gasteiger partial charge in [-0.3, -0.25) is 4.79 Å². The summed E-state index contributed by atoms with van der Waals surface area (Å²) in [6.07, 6.45) is 1.24. The summed E-state index contributed by atoms with van der Waals surface area (Å²) in [5.74, 6) is 1.10. The lowest BCUT2D eigenvalue weighted by Crippen LogP contribution is -2.25. The summed E-state index contributed by atoms with van der Waals surface area (Å²) in [5, 5.41) is 2.96. The minimum atomic E-state index is 0.0821. The Morgan fingerprint density at radius 2 is 1.74 bits per heavy atom. The van der Waals surface area contributed by atoms with Crippen molar-refractivity contribution in [3.05, 3.63) is 64.0 Å². The summed E-state index contributed by atoms with van der Waals surface area (Å²) in [5.41, 5.74) is 8.88. The number of amides is 1. The molecule has 4 heteroatoms. The summed E-state index contributed by atoms with van der Waals surface area (Å²) in [6, 6.07) is 10.5. The lowest BCUT2D eigenvalue weighted by atomic mass is 9.94. The summed E-state index contributed by atoms with van der Waals surface area (Å²) >= 11 is 0. The van der Waals surface area contributed by atoms with Crippen LogP contribution in [0.4, 0.5) is 0 Å². The Morgan fingerprint density at radius 1 is 1.07 bits per heavy atom. The fraction of sp³-hybridized carbons (Fsp3) is 0.391. The number of aromatic nitrogens is 2. The van der Waals surface area contributed by atoms with Gasteiger partial charge in [-0.15, -0.1) is 0 Å². The molecule has 0 aliphatic rings. The minimum Gasteiger partial charge on any atom is -0.356 e. The summed E-state index contributed by atoms with van der Waals surface area (Å²) in [4.78, 5) is 16.4. The van der Waals surface area contributed by atoms with E-state index in [0.717, 1.165) is 29.8 Å². The largest absolute Gasteiger partial charge is 0.356 e. The van der Waals surface area contributed by atoms with Crippen LogP contribution in [0.2, 0.25) is 0 Å². The second-order valence-electron chi connectivity index (χ2n) is 7.30. The molecule has 3 aromatic rings. The maximum atomic E-state index is 11.6. The van der Waals surface area contributed by atoms with E-state index in [2.05, 4.69) is 61.8 Å². The van der Waals surface area contributed by atoms with Crippen LogP contribution in [0, 0.1) is 27.7 Å². The van der Waals surface area contributed by atoms with Crippen molar-refractivity contribution >= 4 is 16.9 Å². The van der Waals surface area contributed by atoms with E-state index in [0.29, 0.717) is 13.0 Å². The SMILES string of the molecule is CCC(=O)NCCc1nc2ccccc2n1Cc1c(C)c(C)cc(C)c1C. The number of aryl methyl sites for hydroxylation is 2. The second-order valence-corrected chi connectivity index (χ2v) is 7.30. The Morgan fingerprint density at radius 3 is 2.41 bits per heavy atom. The molecule has 142 valence electrons. The number of carbonyl (C=O) groups is 1. The Bertz CT molecular complexity index is 959. The number of imidazole rings is 1. The van der Waals surface area contributed by atoms with E-state index in [1.165, 1.54) is 27.8 Å². The van der Waals surface area contributed by atoms with Crippen LogP contribution in [-0.2, 0) is 17.8 Å². The van der Waals surface area contributed by atoms with Crippen LogP contribution in [0.3, 0.4) is 0 Å². The zero-order valence-electron chi connectivity index (χ0n) is 17.0. The number of fused-ring (bicyclic) bond motifs is 1. The van der Waals surface area contributed by atoms with Crippen molar-refractivity contribution in [2.75, 3.05) is 6.54 Å². The van der Waals surface area contributed by atoms with Crippen LogP contribution < -0.4 is 5.32 Å². The lowest BCUT2D eigenvalue weighted by Gasteiger charge is -2.18. The topological polar surface area (TPSA) is 46.9 Å². The van der Waals surface area contributed by atoms with Gasteiger partial charge in [0, 0.05) is 25.9 Å². The highest BCUT2D eigenvalue weighted by atomic mass is 16.1. The average molecular weight is 364 g/mol. The molecule has 1 amide bonds. The zero-order valence-corrected chi connectivity index (χ0v) is 17.0. The van der Waals surface area contributed by atoms with Gasteiger partial charge in [0.15, 0.2) is 0 Å². The molecule has 0 radical (unpaired) electrons. The first kappa shape index (κ1) is 19.2. The summed E-state index contributed by atoms with van der Waals surface area (Å²) < 4.78 is 2.31. The summed E-state index contributed by atoms with van der Waals surface area (Å²) in [7, 11) is 0. The van der Waals surface area contributed by atoms with Gasteiger partial charge in [-0.1, -0.05) is 25.1 Å². The van der Waals surface area contributed by atoms with E-state index in [9.17, 15) is 4.79 Å². The molecule has 0 saturated heterocycles. The van der Waals surface area contributed by atoms with Gasteiger partial charge in [0.05, 0.1) is 11.0 Å². The number of nitrogens with one attached hydrogen (secondary N) is 1. The molecule has 0 spiro atoms. The van der Waals surface area contributed by atoms with E-state index in [1.54, 1.807) is 0 Å². The van der Waals surface area contributed by atoms with Gasteiger partial charge in [-0.25, -0.2) is 4.98 Å². The Balaban J connectivity index is 2.00. The van der Waals surface area contributed by atoms with Crippen LogP contribution in [0.25, 0.3) is 11.0 Å². The fourth-order valence-electron chi connectivity index (χ4n) is 3.63. The average Bonchev–Trinajstić information content (AvgIpc) is 3.00. The molecule has 0 aliphatic carbocycles. The van der Waals surface area contributed by atoms with E-state index >= 15 is 0 Å². The molecule has 0 fully saturated rings. The van der Waals surface area contributed by atoms with Crippen LogP contribution in [0.15, 0.2) is 30.3 Å². The van der Waals surface area contributed by atoms with Gasteiger partial charge in [0.2, 0.25) is 5.91 Å². The first-order valence-electron chi connectivity index (χ1n) is 9.69. The number of hydrogen-bond donors (Lipinski definition) is 1. The lowest BCUT2D eigenvalue weighted by molar-refractivity contribution is -0.120. The molecule has 4 nitrogen and oxygen atoms in total. The normalized spacial score (nSPS) is 11.1. The van der Waals surface area contributed by atoms with Gasteiger partial charge in [0.1, 0.15) is 5.82 Å². The molecule has 0 aliphatic heterocycles. The maximum absolute atomic E-state index is 11.6. The number of benzene rings is 2. The standard InChI is InChI=1S/C23H29N3O/c1-6-23(27)24-12-11-22-25-20-9-7-8-10-21(20)26(22)14-19-17(4)15(2)13-16(3)18(19)5/h7-10,13H,6,11-12,14H2,1-5H3,(H,24,27). The molecule has 27 heavy (non-hydrogen) atoms. The highest BCUT2D eigenvalue weighted by molar-refractivity contribution is 5.76. The molecule has 0 atom stereocenters. The van der Waals surface area contributed by atoms with E-state index in [4.69, 9.17) is 4.98 Å². The van der Waals surface area contributed by atoms with Crippen LogP contribution in [0.1, 0.15) is 47.0 Å². The van der Waals surface area contributed by atoms with Gasteiger partial charge in [-0.2, -0.15) is 0 Å². The Kier molecular flexibility index (Phi) is 5.64. The highest BCUT2D eigenvalue weighted by Gasteiger charge is 2.15. The molecule has 3 rings (SSSR count).